The zero-order chi connectivity index (χ0) is 21.1. The average molecular weight is 436 g/mol. The number of aromatic nitrogens is 1. The third kappa shape index (κ3) is 7.70. The van der Waals surface area contributed by atoms with Crippen molar-refractivity contribution in [3.63, 3.8) is 0 Å². The van der Waals surface area contributed by atoms with Crippen LogP contribution in [0, 0.1) is 6.92 Å². The van der Waals surface area contributed by atoms with Crippen molar-refractivity contribution in [3.8, 4) is 5.75 Å². The summed E-state index contributed by atoms with van der Waals surface area (Å²) >= 11 is 3.32. The van der Waals surface area contributed by atoms with E-state index in [1.807, 2.05) is 13.2 Å². The lowest BCUT2D eigenvalue weighted by molar-refractivity contribution is -0.123. The minimum Gasteiger partial charge on any atom is -0.496 e. The maximum absolute atomic E-state index is 12.7. The second-order valence-corrected chi connectivity index (χ2v) is 8.57. The highest BCUT2D eigenvalue weighted by molar-refractivity contribution is 7.98. The van der Waals surface area contributed by atoms with Crippen molar-refractivity contribution in [1.29, 1.82) is 0 Å². The van der Waals surface area contributed by atoms with E-state index in [9.17, 15) is 9.59 Å². The van der Waals surface area contributed by atoms with E-state index >= 15 is 0 Å². The first kappa shape index (κ1) is 23.2. The number of carbonyl (C=O) groups is 2. The number of para-hydroxylation sites is 1. The maximum atomic E-state index is 12.7. The van der Waals surface area contributed by atoms with Crippen LogP contribution in [-0.2, 0) is 11.2 Å². The van der Waals surface area contributed by atoms with Gasteiger partial charge in [-0.2, -0.15) is 11.8 Å². The van der Waals surface area contributed by atoms with Gasteiger partial charge in [-0.1, -0.05) is 12.1 Å². The Morgan fingerprint density at radius 2 is 2.07 bits per heavy atom. The number of thiazole rings is 1. The molecule has 8 heteroatoms. The molecule has 0 fully saturated rings. The van der Waals surface area contributed by atoms with E-state index in [4.69, 9.17) is 4.74 Å². The Labute approximate surface area is 180 Å². The number of benzene rings is 1. The van der Waals surface area contributed by atoms with Gasteiger partial charge in [-0.15, -0.1) is 11.3 Å². The largest absolute Gasteiger partial charge is 0.496 e. The molecule has 1 heterocycles. The Morgan fingerprint density at radius 3 is 2.76 bits per heavy atom. The summed E-state index contributed by atoms with van der Waals surface area (Å²) < 4.78 is 5.25. The fraction of sp³-hybridized carbons (Fsp3) is 0.476. The lowest BCUT2D eigenvalue weighted by Gasteiger charge is -2.19. The van der Waals surface area contributed by atoms with Crippen LogP contribution >= 0.6 is 23.1 Å². The smallest absolute Gasteiger partial charge is 0.255 e. The molecule has 2 amide bonds. The first-order valence-electron chi connectivity index (χ1n) is 9.66. The number of unbranched alkanes of at least 4 members (excludes halogenated alkanes) is 1. The quantitative estimate of drug-likeness (QED) is 0.499. The van der Waals surface area contributed by atoms with Crippen molar-refractivity contribution >= 4 is 34.9 Å². The zero-order valence-corrected chi connectivity index (χ0v) is 18.8. The molecule has 158 valence electrons. The van der Waals surface area contributed by atoms with Crippen molar-refractivity contribution in [1.82, 2.24) is 15.6 Å². The Balaban J connectivity index is 1.84. The molecule has 1 unspecified atom stereocenters. The van der Waals surface area contributed by atoms with Gasteiger partial charge >= 0.3 is 0 Å². The number of carbonyl (C=O) groups excluding carboxylic acids is 2. The number of ether oxygens (including phenoxy) is 1. The number of amides is 2. The number of nitrogens with zero attached hydrogens (tertiary/aromatic N) is 1. The highest BCUT2D eigenvalue weighted by atomic mass is 32.2. The summed E-state index contributed by atoms with van der Waals surface area (Å²) in [6.07, 6.45) is 5.33. The van der Waals surface area contributed by atoms with Crippen molar-refractivity contribution in [2.24, 2.45) is 0 Å². The standard InChI is InChI=1S/C21H29N3O3S2/c1-15-14-29-19(23-15)10-6-7-12-22-21(26)17(11-13-28-3)24-20(25)16-8-4-5-9-18(16)27-2/h4-5,8-9,14,17H,6-7,10-13H2,1-3H3,(H,22,26)(H,24,25). The number of nitrogens with one attached hydrogen (secondary N) is 2. The van der Waals surface area contributed by atoms with Crippen molar-refractivity contribution in [3.05, 3.63) is 45.9 Å². The molecule has 1 aromatic heterocycles. The molecule has 2 rings (SSSR count). The summed E-state index contributed by atoms with van der Waals surface area (Å²) in [6.45, 7) is 2.58. The van der Waals surface area contributed by atoms with E-state index < -0.39 is 6.04 Å². The molecule has 0 bridgehead atoms. The number of thioether (sulfide) groups is 1. The number of hydrogen-bond acceptors (Lipinski definition) is 6. The van der Waals surface area contributed by atoms with Crippen molar-refractivity contribution in [2.45, 2.75) is 38.6 Å². The van der Waals surface area contributed by atoms with Crippen molar-refractivity contribution < 1.29 is 14.3 Å². The van der Waals surface area contributed by atoms with Gasteiger partial charge in [0.2, 0.25) is 5.91 Å². The Morgan fingerprint density at radius 1 is 1.28 bits per heavy atom. The number of hydrogen-bond donors (Lipinski definition) is 2. The van der Waals surface area contributed by atoms with Crippen LogP contribution in [0.3, 0.4) is 0 Å². The molecule has 6 nitrogen and oxygen atoms in total. The van der Waals surface area contributed by atoms with Crippen LogP contribution in [0.2, 0.25) is 0 Å². The summed E-state index contributed by atoms with van der Waals surface area (Å²) in [5.41, 5.74) is 1.48. The summed E-state index contributed by atoms with van der Waals surface area (Å²) in [5.74, 6) is 0.829. The molecule has 0 aliphatic carbocycles. The SMILES string of the molecule is COc1ccccc1C(=O)NC(CCSC)C(=O)NCCCCc1nc(C)cs1. The predicted molar refractivity (Wildman–Crippen MR) is 120 cm³/mol. The monoisotopic (exact) mass is 435 g/mol. The third-order valence-electron chi connectivity index (χ3n) is 4.37. The molecule has 0 radical (unpaired) electrons. The second kappa shape index (κ2) is 12.5. The molecule has 0 spiro atoms. The Hall–Kier alpha value is -2.06. The fourth-order valence-electron chi connectivity index (χ4n) is 2.83. The van der Waals surface area contributed by atoms with Crippen LogP contribution in [0.4, 0.5) is 0 Å². The van der Waals surface area contributed by atoms with Gasteiger partial charge in [-0.05, 0) is 56.7 Å². The van der Waals surface area contributed by atoms with Gasteiger partial charge in [0.1, 0.15) is 11.8 Å². The summed E-state index contributed by atoms with van der Waals surface area (Å²) in [7, 11) is 1.52. The summed E-state index contributed by atoms with van der Waals surface area (Å²) in [6, 6.07) is 6.44. The number of rotatable bonds is 12. The van der Waals surface area contributed by atoms with Gasteiger partial charge < -0.3 is 15.4 Å². The Bertz CT molecular complexity index is 795. The van der Waals surface area contributed by atoms with Crippen LogP contribution in [0.1, 0.15) is 40.3 Å². The summed E-state index contributed by atoms with van der Waals surface area (Å²) in [4.78, 5) is 29.7. The molecule has 2 N–H and O–H groups in total. The van der Waals surface area contributed by atoms with Crippen molar-refractivity contribution in [2.75, 3.05) is 25.7 Å². The third-order valence-corrected chi connectivity index (χ3v) is 6.04. The molecule has 0 aliphatic heterocycles. The normalized spacial score (nSPS) is 11.7. The molecule has 1 aromatic carbocycles. The first-order chi connectivity index (χ1) is 14.0. The molecular weight excluding hydrogens is 406 g/mol. The van der Waals surface area contributed by atoms with Crippen LogP contribution in [0.15, 0.2) is 29.6 Å². The van der Waals surface area contributed by atoms with Crippen LogP contribution < -0.4 is 15.4 Å². The number of aryl methyl sites for hydroxylation is 2. The lowest BCUT2D eigenvalue weighted by atomic mass is 10.1. The van der Waals surface area contributed by atoms with E-state index in [0.717, 1.165) is 35.7 Å². The van der Waals surface area contributed by atoms with Gasteiger partial charge in [0.15, 0.2) is 0 Å². The molecule has 2 aromatic rings. The summed E-state index contributed by atoms with van der Waals surface area (Å²) in [5, 5.41) is 9.01. The minimum atomic E-state index is -0.568. The van der Waals surface area contributed by atoms with E-state index in [-0.39, 0.29) is 11.8 Å². The van der Waals surface area contributed by atoms with Crippen LogP contribution in [0.5, 0.6) is 5.75 Å². The molecule has 1 atom stereocenters. The molecule has 0 saturated heterocycles. The number of methoxy groups -OCH3 is 1. The van der Waals surface area contributed by atoms with E-state index in [1.165, 1.54) is 7.11 Å². The highest BCUT2D eigenvalue weighted by Gasteiger charge is 2.22. The van der Waals surface area contributed by atoms with Gasteiger partial charge in [0.05, 0.1) is 17.7 Å². The fourth-order valence-corrected chi connectivity index (χ4v) is 4.12. The average Bonchev–Trinajstić information content (AvgIpc) is 3.15. The van der Waals surface area contributed by atoms with E-state index in [0.29, 0.717) is 24.3 Å². The predicted octanol–water partition coefficient (Wildman–Crippen LogP) is 3.45. The molecule has 0 saturated carbocycles. The van der Waals surface area contributed by atoms with Crippen LogP contribution in [-0.4, -0.2) is 48.5 Å². The molecular formula is C21H29N3O3S2. The lowest BCUT2D eigenvalue weighted by Crippen LogP contribution is -2.47. The maximum Gasteiger partial charge on any atom is 0.255 e. The molecule has 29 heavy (non-hydrogen) atoms. The van der Waals surface area contributed by atoms with E-state index in [1.54, 1.807) is 47.4 Å². The minimum absolute atomic E-state index is 0.146. The van der Waals surface area contributed by atoms with Crippen LogP contribution in [0.25, 0.3) is 0 Å². The Kier molecular flexibility index (Phi) is 10.0. The zero-order valence-electron chi connectivity index (χ0n) is 17.2. The van der Waals surface area contributed by atoms with E-state index in [2.05, 4.69) is 21.0 Å². The van der Waals surface area contributed by atoms with Gasteiger partial charge in [-0.3, -0.25) is 9.59 Å². The highest BCUT2D eigenvalue weighted by Crippen LogP contribution is 2.17. The van der Waals surface area contributed by atoms with Gasteiger partial charge in [-0.25, -0.2) is 4.98 Å². The first-order valence-corrected chi connectivity index (χ1v) is 11.9. The van der Waals surface area contributed by atoms with Gasteiger partial charge in [0.25, 0.3) is 5.91 Å². The topological polar surface area (TPSA) is 80.3 Å². The van der Waals surface area contributed by atoms with Gasteiger partial charge in [0, 0.05) is 17.6 Å². The second-order valence-electron chi connectivity index (χ2n) is 6.64. The molecule has 0 aliphatic rings.